The molecule has 0 saturated carbocycles. The highest BCUT2D eigenvalue weighted by Crippen LogP contribution is 2.30. The molecular weight excluding hydrogens is 500 g/mol. The summed E-state index contributed by atoms with van der Waals surface area (Å²) in [5.74, 6) is 0.985. The van der Waals surface area contributed by atoms with Gasteiger partial charge in [0.05, 0.1) is 12.2 Å². The van der Waals surface area contributed by atoms with Gasteiger partial charge >= 0.3 is 5.97 Å². The first kappa shape index (κ1) is 30.9. The first-order valence-electron chi connectivity index (χ1n) is 15.3. The predicted octanol–water partition coefficient (Wildman–Crippen LogP) is 11.1. The zero-order chi connectivity index (χ0) is 27.5. The minimum absolute atomic E-state index is 0.345. The highest BCUT2D eigenvalue weighted by molar-refractivity contribution is 7.15. The molecular formula is C35H48O3S. The number of benzene rings is 2. The molecule has 0 bridgehead atoms. The molecule has 0 radical (unpaired) electrons. The summed E-state index contributed by atoms with van der Waals surface area (Å²) in [4.78, 5) is 15.3. The molecule has 0 atom stereocenters. The van der Waals surface area contributed by atoms with Crippen molar-refractivity contribution in [3.63, 3.8) is 0 Å². The Bertz CT molecular complexity index is 1050. The molecule has 0 N–H and O–H groups in total. The average molecular weight is 549 g/mol. The van der Waals surface area contributed by atoms with Gasteiger partial charge in [0.1, 0.15) is 11.5 Å². The van der Waals surface area contributed by atoms with Crippen LogP contribution < -0.4 is 9.47 Å². The molecule has 0 aliphatic heterocycles. The molecule has 212 valence electrons. The van der Waals surface area contributed by atoms with Crippen molar-refractivity contribution in [1.82, 2.24) is 0 Å². The molecule has 0 fully saturated rings. The normalized spacial score (nSPS) is 11.0. The fourth-order valence-electron chi connectivity index (χ4n) is 4.71. The van der Waals surface area contributed by atoms with Crippen LogP contribution in [0.25, 0.3) is 10.4 Å². The van der Waals surface area contributed by atoms with Gasteiger partial charge in [0, 0.05) is 9.75 Å². The SMILES string of the molecule is CCCCCCCCCCCCc1ccc(-c2ccc(C(=O)Oc3ccc(OCCCCCC)cc3)cc2)s1. The van der Waals surface area contributed by atoms with Crippen molar-refractivity contribution >= 4 is 17.3 Å². The van der Waals surface area contributed by atoms with Crippen LogP contribution in [-0.2, 0) is 6.42 Å². The van der Waals surface area contributed by atoms with Gasteiger partial charge < -0.3 is 9.47 Å². The third kappa shape index (κ3) is 12.0. The van der Waals surface area contributed by atoms with E-state index < -0.39 is 0 Å². The molecule has 1 heterocycles. The predicted molar refractivity (Wildman–Crippen MR) is 166 cm³/mol. The van der Waals surface area contributed by atoms with Crippen molar-refractivity contribution in [1.29, 1.82) is 0 Å². The van der Waals surface area contributed by atoms with Gasteiger partial charge in [-0.05, 0) is 73.4 Å². The third-order valence-corrected chi connectivity index (χ3v) is 8.34. The number of aryl methyl sites for hydroxylation is 1. The van der Waals surface area contributed by atoms with Crippen LogP contribution in [0.15, 0.2) is 60.7 Å². The van der Waals surface area contributed by atoms with Crippen molar-refractivity contribution in [3.8, 4) is 21.9 Å². The van der Waals surface area contributed by atoms with Crippen LogP contribution in [0.4, 0.5) is 0 Å². The van der Waals surface area contributed by atoms with Gasteiger partial charge in [0.25, 0.3) is 0 Å². The number of carbonyl (C=O) groups excluding carboxylic acids is 1. The average Bonchev–Trinajstić information content (AvgIpc) is 3.44. The second-order valence-corrected chi connectivity index (χ2v) is 11.7. The van der Waals surface area contributed by atoms with E-state index in [-0.39, 0.29) is 5.97 Å². The fraction of sp³-hybridized carbons (Fsp3) is 0.514. The van der Waals surface area contributed by atoms with Gasteiger partial charge in [-0.25, -0.2) is 4.79 Å². The van der Waals surface area contributed by atoms with Crippen LogP contribution in [0.5, 0.6) is 11.5 Å². The quantitative estimate of drug-likeness (QED) is 0.0800. The lowest BCUT2D eigenvalue weighted by atomic mass is 10.1. The molecule has 0 aliphatic carbocycles. The second-order valence-electron chi connectivity index (χ2n) is 10.5. The van der Waals surface area contributed by atoms with Crippen molar-refractivity contribution in [2.24, 2.45) is 0 Å². The van der Waals surface area contributed by atoms with E-state index in [1.54, 1.807) is 12.1 Å². The monoisotopic (exact) mass is 548 g/mol. The van der Waals surface area contributed by atoms with E-state index >= 15 is 0 Å². The summed E-state index contributed by atoms with van der Waals surface area (Å²) in [7, 11) is 0. The van der Waals surface area contributed by atoms with E-state index in [4.69, 9.17) is 9.47 Å². The molecule has 0 spiro atoms. The van der Waals surface area contributed by atoms with Crippen LogP contribution in [0, 0.1) is 0 Å². The zero-order valence-electron chi connectivity index (χ0n) is 24.2. The molecule has 39 heavy (non-hydrogen) atoms. The largest absolute Gasteiger partial charge is 0.494 e. The van der Waals surface area contributed by atoms with Crippen molar-refractivity contribution in [2.45, 2.75) is 110 Å². The fourth-order valence-corrected chi connectivity index (χ4v) is 5.77. The van der Waals surface area contributed by atoms with E-state index in [0.29, 0.717) is 11.3 Å². The number of hydrogen-bond acceptors (Lipinski definition) is 4. The van der Waals surface area contributed by atoms with Crippen LogP contribution >= 0.6 is 11.3 Å². The van der Waals surface area contributed by atoms with Gasteiger partial charge in [-0.1, -0.05) is 103 Å². The third-order valence-electron chi connectivity index (χ3n) is 7.14. The molecule has 0 amide bonds. The van der Waals surface area contributed by atoms with Crippen LogP contribution in [-0.4, -0.2) is 12.6 Å². The Hall–Kier alpha value is -2.59. The maximum absolute atomic E-state index is 12.6. The first-order valence-corrected chi connectivity index (χ1v) is 16.2. The molecule has 2 aromatic carbocycles. The number of carbonyl (C=O) groups is 1. The number of esters is 1. The van der Waals surface area contributed by atoms with Crippen LogP contribution in [0.2, 0.25) is 0 Å². The number of unbranched alkanes of at least 4 members (excludes halogenated alkanes) is 12. The van der Waals surface area contributed by atoms with E-state index in [1.165, 1.54) is 93.2 Å². The number of hydrogen-bond donors (Lipinski definition) is 0. The standard InChI is InChI=1S/C35H48O3S/c1-3-5-7-9-10-11-12-13-14-15-17-33-26-27-34(39-33)29-18-20-30(21-19-29)35(36)38-32-24-22-31(23-25-32)37-28-16-8-6-4-2/h18-27H,3-17,28H2,1-2H3. The topological polar surface area (TPSA) is 35.5 Å². The molecule has 4 heteroatoms. The zero-order valence-corrected chi connectivity index (χ0v) is 25.0. The first-order chi connectivity index (χ1) is 19.2. The summed E-state index contributed by atoms with van der Waals surface area (Å²) < 4.78 is 11.3. The number of thiophene rings is 1. The Kier molecular flexibility index (Phi) is 14.8. The Labute approximate surface area is 241 Å². The summed E-state index contributed by atoms with van der Waals surface area (Å²) >= 11 is 1.86. The Morgan fingerprint density at radius 2 is 1.18 bits per heavy atom. The van der Waals surface area contributed by atoms with E-state index in [2.05, 4.69) is 26.0 Å². The Balaban J connectivity index is 1.36. The number of ether oxygens (including phenoxy) is 2. The van der Waals surface area contributed by atoms with Crippen molar-refractivity contribution < 1.29 is 14.3 Å². The smallest absolute Gasteiger partial charge is 0.343 e. The summed E-state index contributed by atoms with van der Waals surface area (Å²) in [6, 6.07) is 19.5. The molecule has 1 aromatic heterocycles. The minimum Gasteiger partial charge on any atom is -0.494 e. The Morgan fingerprint density at radius 3 is 1.82 bits per heavy atom. The van der Waals surface area contributed by atoms with Gasteiger partial charge in [-0.3, -0.25) is 0 Å². The second kappa shape index (κ2) is 18.7. The van der Waals surface area contributed by atoms with Gasteiger partial charge in [-0.15, -0.1) is 11.3 Å². The van der Waals surface area contributed by atoms with Crippen molar-refractivity contribution in [2.75, 3.05) is 6.61 Å². The lowest BCUT2D eigenvalue weighted by Gasteiger charge is -2.08. The highest BCUT2D eigenvalue weighted by Gasteiger charge is 2.10. The van der Waals surface area contributed by atoms with Gasteiger partial charge in [-0.2, -0.15) is 0 Å². The lowest BCUT2D eigenvalue weighted by molar-refractivity contribution is 0.0734. The summed E-state index contributed by atoms with van der Waals surface area (Å²) in [5, 5.41) is 0. The molecule has 3 aromatic rings. The van der Waals surface area contributed by atoms with Crippen LogP contribution in [0.3, 0.4) is 0 Å². The maximum atomic E-state index is 12.6. The van der Waals surface area contributed by atoms with E-state index in [1.807, 2.05) is 47.7 Å². The molecule has 3 rings (SSSR count). The van der Waals surface area contributed by atoms with Crippen molar-refractivity contribution in [3.05, 3.63) is 71.1 Å². The highest BCUT2D eigenvalue weighted by atomic mass is 32.1. The van der Waals surface area contributed by atoms with Gasteiger partial charge in [0.15, 0.2) is 0 Å². The van der Waals surface area contributed by atoms with E-state index in [9.17, 15) is 4.79 Å². The van der Waals surface area contributed by atoms with E-state index in [0.717, 1.165) is 30.8 Å². The minimum atomic E-state index is -0.345. The van der Waals surface area contributed by atoms with Crippen LogP contribution in [0.1, 0.15) is 119 Å². The molecule has 0 unspecified atom stereocenters. The number of rotatable bonds is 20. The maximum Gasteiger partial charge on any atom is 0.343 e. The Morgan fingerprint density at radius 1 is 0.615 bits per heavy atom. The lowest BCUT2D eigenvalue weighted by Crippen LogP contribution is -2.08. The molecule has 3 nitrogen and oxygen atoms in total. The van der Waals surface area contributed by atoms with Gasteiger partial charge in [0.2, 0.25) is 0 Å². The summed E-state index contributed by atoms with van der Waals surface area (Å²) in [5.41, 5.74) is 1.70. The molecule has 0 saturated heterocycles. The summed E-state index contributed by atoms with van der Waals surface area (Å²) in [6.45, 7) is 5.20. The summed E-state index contributed by atoms with van der Waals surface area (Å²) in [6.07, 6.45) is 19.6. The molecule has 0 aliphatic rings.